The Morgan fingerprint density at radius 1 is 1.27 bits per heavy atom. The highest BCUT2D eigenvalue weighted by Crippen LogP contribution is 2.26. The number of nitrogens with zero attached hydrogens (tertiary/aromatic N) is 4. The molecule has 0 radical (unpaired) electrons. The maximum atomic E-state index is 12.7. The molecule has 0 spiro atoms. The van der Waals surface area contributed by atoms with E-state index in [4.69, 9.17) is 16.3 Å². The molecule has 30 heavy (non-hydrogen) atoms. The fraction of sp³-hybridized carbons (Fsp3) is 0.429. The Morgan fingerprint density at radius 3 is 2.60 bits per heavy atom. The van der Waals surface area contributed by atoms with Gasteiger partial charge in [-0.1, -0.05) is 29.4 Å². The molecule has 0 saturated carbocycles. The molecule has 1 aliphatic heterocycles. The van der Waals surface area contributed by atoms with Crippen LogP contribution in [0.1, 0.15) is 19.8 Å². The molecule has 1 aromatic carbocycles. The number of thioether (sulfide) groups is 1. The molecule has 9 heteroatoms. The van der Waals surface area contributed by atoms with Gasteiger partial charge in [-0.15, -0.1) is 16.8 Å². The second-order valence-corrected chi connectivity index (χ2v) is 8.29. The van der Waals surface area contributed by atoms with Gasteiger partial charge in [0.2, 0.25) is 5.91 Å². The van der Waals surface area contributed by atoms with Crippen LogP contribution in [0.4, 0.5) is 0 Å². The highest BCUT2D eigenvalue weighted by atomic mass is 35.5. The van der Waals surface area contributed by atoms with Gasteiger partial charge in [0.1, 0.15) is 0 Å². The van der Waals surface area contributed by atoms with E-state index < -0.39 is 0 Å². The molecule has 2 aromatic rings. The van der Waals surface area contributed by atoms with Crippen molar-refractivity contribution in [1.29, 1.82) is 0 Å². The van der Waals surface area contributed by atoms with Crippen molar-refractivity contribution in [3.8, 4) is 11.4 Å². The number of likely N-dealkylation sites (tertiary alicyclic amines) is 1. The van der Waals surface area contributed by atoms with Crippen LogP contribution in [0, 0.1) is 5.92 Å². The third-order valence-corrected chi connectivity index (χ3v) is 6.13. The number of rotatable bonds is 8. The Hall–Kier alpha value is -2.32. The van der Waals surface area contributed by atoms with Crippen molar-refractivity contribution < 1.29 is 14.3 Å². The standard InChI is InChI=1S/C21H25ClN4O3S/c1-3-11-26-19(15-5-7-17(22)8-6-15)23-24-21(26)30-14-18(27)25-12-9-16(10-13-25)20(28)29-4-2/h3,5-8,16H,1,4,9-14H2,2H3. The zero-order valence-corrected chi connectivity index (χ0v) is 18.5. The summed E-state index contributed by atoms with van der Waals surface area (Å²) >= 11 is 7.33. The first kappa shape index (κ1) is 22.4. The molecular formula is C21H25ClN4O3S. The van der Waals surface area contributed by atoms with Gasteiger partial charge in [0.25, 0.3) is 0 Å². The Balaban J connectivity index is 1.60. The Morgan fingerprint density at radius 2 is 1.97 bits per heavy atom. The van der Waals surface area contributed by atoms with E-state index in [1.807, 2.05) is 16.7 Å². The molecule has 160 valence electrons. The van der Waals surface area contributed by atoms with Crippen LogP contribution in [-0.4, -0.2) is 57.0 Å². The largest absolute Gasteiger partial charge is 0.466 e. The first-order valence-corrected chi connectivity index (χ1v) is 11.3. The van der Waals surface area contributed by atoms with Crippen LogP contribution in [0.3, 0.4) is 0 Å². The lowest BCUT2D eigenvalue weighted by Gasteiger charge is -2.30. The molecule has 3 rings (SSSR count). The van der Waals surface area contributed by atoms with Crippen molar-refractivity contribution in [3.05, 3.63) is 41.9 Å². The minimum absolute atomic E-state index is 0.0310. The van der Waals surface area contributed by atoms with Crippen molar-refractivity contribution in [2.45, 2.75) is 31.5 Å². The summed E-state index contributed by atoms with van der Waals surface area (Å²) < 4.78 is 7.02. The van der Waals surface area contributed by atoms with Crippen LogP contribution < -0.4 is 0 Å². The number of carbonyl (C=O) groups excluding carboxylic acids is 2. The van der Waals surface area contributed by atoms with Crippen molar-refractivity contribution in [2.75, 3.05) is 25.4 Å². The van der Waals surface area contributed by atoms with E-state index >= 15 is 0 Å². The minimum Gasteiger partial charge on any atom is -0.466 e. The van der Waals surface area contributed by atoms with Crippen molar-refractivity contribution >= 4 is 35.2 Å². The van der Waals surface area contributed by atoms with E-state index in [0.29, 0.717) is 55.1 Å². The number of ether oxygens (including phenoxy) is 1. The summed E-state index contributed by atoms with van der Waals surface area (Å²) in [5.41, 5.74) is 0.896. The number of esters is 1. The molecule has 1 amide bonds. The molecular weight excluding hydrogens is 424 g/mol. The van der Waals surface area contributed by atoms with Gasteiger partial charge in [0.15, 0.2) is 11.0 Å². The zero-order chi connectivity index (χ0) is 21.5. The predicted molar refractivity (Wildman–Crippen MR) is 117 cm³/mol. The van der Waals surface area contributed by atoms with Crippen molar-refractivity contribution in [3.63, 3.8) is 0 Å². The summed E-state index contributed by atoms with van der Waals surface area (Å²) in [6.45, 7) is 7.67. The Labute approximate surface area is 185 Å². The number of amides is 1. The van der Waals surface area contributed by atoms with E-state index in [-0.39, 0.29) is 23.5 Å². The summed E-state index contributed by atoms with van der Waals surface area (Å²) in [5, 5.41) is 9.88. The Bertz CT molecular complexity index is 892. The Kier molecular flexibility index (Phi) is 7.93. The first-order valence-electron chi connectivity index (χ1n) is 9.90. The number of piperidine rings is 1. The third kappa shape index (κ3) is 5.43. The number of hydrogen-bond donors (Lipinski definition) is 0. The summed E-state index contributed by atoms with van der Waals surface area (Å²) in [5.74, 6) is 0.728. The smallest absolute Gasteiger partial charge is 0.309 e. The minimum atomic E-state index is -0.161. The van der Waals surface area contributed by atoms with E-state index in [0.717, 1.165) is 5.56 Å². The molecule has 1 saturated heterocycles. The maximum absolute atomic E-state index is 12.7. The monoisotopic (exact) mass is 448 g/mol. The van der Waals surface area contributed by atoms with Crippen molar-refractivity contribution in [2.24, 2.45) is 5.92 Å². The molecule has 0 bridgehead atoms. The quantitative estimate of drug-likeness (QED) is 0.348. The maximum Gasteiger partial charge on any atom is 0.309 e. The van der Waals surface area contributed by atoms with E-state index in [1.54, 1.807) is 30.0 Å². The normalized spacial score (nSPS) is 14.5. The van der Waals surface area contributed by atoms with Gasteiger partial charge in [-0.05, 0) is 44.0 Å². The molecule has 1 aromatic heterocycles. The highest BCUT2D eigenvalue weighted by Gasteiger charge is 2.28. The number of aromatic nitrogens is 3. The fourth-order valence-electron chi connectivity index (χ4n) is 3.34. The summed E-state index contributed by atoms with van der Waals surface area (Å²) in [4.78, 5) is 26.3. The average Bonchev–Trinajstić information content (AvgIpc) is 3.15. The summed E-state index contributed by atoms with van der Waals surface area (Å²) in [6.07, 6.45) is 3.06. The molecule has 2 heterocycles. The van der Waals surface area contributed by atoms with E-state index in [1.165, 1.54) is 11.8 Å². The number of benzene rings is 1. The van der Waals surface area contributed by atoms with E-state index in [2.05, 4.69) is 16.8 Å². The molecule has 0 aliphatic carbocycles. The van der Waals surface area contributed by atoms with Gasteiger partial charge in [-0.3, -0.25) is 14.2 Å². The molecule has 0 atom stereocenters. The van der Waals surface area contributed by atoms with Crippen LogP contribution in [0.2, 0.25) is 5.02 Å². The number of hydrogen-bond acceptors (Lipinski definition) is 6. The summed E-state index contributed by atoms with van der Waals surface area (Å²) in [6, 6.07) is 7.39. The fourth-order valence-corrected chi connectivity index (χ4v) is 4.32. The topological polar surface area (TPSA) is 77.3 Å². The predicted octanol–water partition coefficient (Wildman–Crippen LogP) is 3.68. The van der Waals surface area contributed by atoms with Gasteiger partial charge in [0.05, 0.1) is 18.3 Å². The van der Waals surface area contributed by atoms with Gasteiger partial charge in [-0.2, -0.15) is 0 Å². The van der Waals surface area contributed by atoms with Crippen LogP contribution in [0.15, 0.2) is 42.1 Å². The molecule has 1 aliphatic rings. The highest BCUT2D eigenvalue weighted by molar-refractivity contribution is 7.99. The lowest BCUT2D eigenvalue weighted by Crippen LogP contribution is -2.41. The van der Waals surface area contributed by atoms with Gasteiger partial charge >= 0.3 is 5.97 Å². The zero-order valence-electron chi connectivity index (χ0n) is 16.9. The lowest BCUT2D eigenvalue weighted by molar-refractivity contribution is -0.151. The van der Waals surface area contributed by atoms with Crippen molar-refractivity contribution in [1.82, 2.24) is 19.7 Å². The number of carbonyl (C=O) groups is 2. The van der Waals surface area contributed by atoms with Gasteiger partial charge in [0, 0.05) is 30.2 Å². The average molecular weight is 449 g/mol. The van der Waals surface area contributed by atoms with Crippen LogP contribution in [-0.2, 0) is 20.9 Å². The van der Waals surface area contributed by atoms with Gasteiger partial charge in [-0.25, -0.2) is 0 Å². The molecule has 7 nitrogen and oxygen atoms in total. The number of halogens is 1. The second-order valence-electron chi connectivity index (χ2n) is 6.91. The number of allylic oxidation sites excluding steroid dienone is 1. The van der Waals surface area contributed by atoms with E-state index in [9.17, 15) is 9.59 Å². The lowest BCUT2D eigenvalue weighted by atomic mass is 9.97. The van der Waals surface area contributed by atoms with Crippen LogP contribution in [0.25, 0.3) is 11.4 Å². The molecule has 0 unspecified atom stereocenters. The SMILES string of the molecule is C=CCn1c(SCC(=O)N2CCC(C(=O)OCC)CC2)nnc1-c1ccc(Cl)cc1. The first-order chi connectivity index (χ1) is 14.5. The molecule has 1 fully saturated rings. The van der Waals surface area contributed by atoms with Gasteiger partial charge < -0.3 is 9.64 Å². The summed E-state index contributed by atoms with van der Waals surface area (Å²) in [7, 11) is 0. The second kappa shape index (κ2) is 10.6. The van der Waals surface area contributed by atoms with Crippen LogP contribution in [0.5, 0.6) is 0 Å². The van der Waals surface area contributed by atoms with Crippen LogP contribution >= 0.6 is 23.4 Å². The molecule has 0 N–H and O–H groups in total. The third-order valence-electron chi connectivity index (χ3n) is 4.92.